The molecule has 1 amide bonds. The molecule has 6 nitrogen and oxygen atoms in total. The van der Waals surface area contributed by atoms with E-state index in [1.807, 2.05) is 0 Å². The average molecular weight is 266 g/mol. The van der Waals surface area contributed by atoms with Crippen molar-refractivity contribution in [3.63, 3.8) is 0 Å². The molecule has 0 aliphatic carbocycles. The lowest BCUT2D eigenvalue weighted by molar-refractivity contribution is -0.121. The van der Waals surface area contributed by atoms with Crippen molar-refractivity contribution < 1.29 is 9.32 Å². The molecular weight excluding hydrogens is 244 g/mol. The van der Waals surface area contributed by atoms with Crippen LogP contribution in [0.25, 0.3) is 0 Å². The molecule has 0 bridgehead atoms. The minimum atomic E-state index is 0.113. The van der Waals surface area contributed by atoms with Crippen LogP contribution in [0.4, 0.5) is 0 Å². The summed E-state index contributed by atoms with van der Waals surface area (Å²) in [6.45, 7) is 3.96. The number of carbonyl (C=O) groups excluding carboxylic acids is 1. The Bertz CT molecular complexity index is 399. The van der Waals surface area contributed by atoms with Crippen molar-refractivity contribution in [2.75, 3.05) is 13.1 Å². The van der Waals surface area contributed by atoms with Gasteiger partial charge in [-0.1, -0.05) is 12.1 Å². The van der Waals surface area contributed by atoms with Crippen molar-refractivity contribution >= 4 is 5.91 Å². The zero-order valence-corrected chi connectivity index (χ0v) is 11.4. The molecule has 1 aliphatic heterocycles. The SMILES string of the molecule is CCCc1noc(CCCC(=O)NC2CCNC2)n1. The van der Waals surface area contributed by atoms with E-state index in [9.17, 15) is 4.79 Å². The van der Waals surface area contributed by atoms with Crippen LogP contribution in [0.2, 0.25) is 0 Å². The standard InChI is InChI=1S/C13H22N4O2/c1-2-4-11-16-13(19-17-11)6-3-5-12(18)15-10-7-8-14-9-10/h10,14H,2-9H2,1H3,(H,15,18). The van der Waals surface area contributed by atoms with E-state index < -0.39 is 0 Å². The average Bonchev–Trinajstić information content (AvgIpc) is 3.02. The topological polar surface area (TPSA) is 80.0 Å². The number of hydrogen-bond donors (Lipinski definition) is 2. The van der Waals surface area contributed by atoms with Crippen LogP contribution in [-0.4, -0.2) is 35.2 Å². The molecule has 1 aromatic heterocycles. The maximum absolute atomic E-state index is 11.7. The third kappa shape index (κ3) is 4.63. The first-order valence-electron chi connectivity index (χ1n) is 7.09. The fourth-order valence-electron chi connectivity index (χ4n) is 2.19. The third-order valence-corrected chi connectivity index (χ3v) is 3.20. The third-order valence-electron chi connectivity index (χ3n) is 3.20. The second-order valence-corrected chi connectivity index (χ2v) is 4.97. The van der Waals surface area contributed by atoms with E-state index in [2.05, 4.69) is 27.7 Å². The van der Waals surface area contributed by atoms with Gasteiger partial charge in [-0.3, -0.25) is 4.79 Å². The van der Waals surface area contributed by atoms with Crippen molar-refractivity contribution in [3.8, 4) is 0 Å². The Labute approximate surface area is 113 Å². The van der Waals surface area contributed by atoms with Gasteiger partial charge >= 0.3 is 0 Å². The minimum Gasteiger partial charge on any atom is -0.352 e. The molecule has 0 aromatic carbocycles. The van der Waals surface area contributed by atoms with Crippen LogP contribution in [-0.2, 0) is 17.6 Å². The molecular formula is C13H22N4O2. The van der Waals surface area contributed by atoms with Gasteiger partial charge in [0, 0.05) is 31.8 Å². The normalized spacial score (nSPS) is 18.7. The molecule has 1 atom stereocenters. The second-order valence-electron chi connectivity index (χ2n) is 4.97. The van der Waals surface area contributed by atoms with Crippen molar-refractivity contribution in [3.05, 3.63) is 11.7 Å². The van der Waals surface area contributed by atoms with Gasteiger partial charge in [0.05, 0.1) is 0 Å². The van der Waals surface area contributed by atoms with Crippen LogP contribution < -0.4 is 10.6 Å². The first-order chi connectivity index (χ1) is 9.28. The second kappa shape index (κ2) is 7.23. The summed E-state index contributed by atoms with van der Waals surface area (Å²) in [5.74, 6) is 1.51. The zero-order valence-electron chi connectivity index (χ0n) is 11.4. The number of aromatic nitrogens is 2. The summed E-state index contributed by atoms with van der Waals surface area (Å²) >= 11 is 0. The Hall–Kier alpha value is -1.43. The number of nitrogens with one attached hydrogen (secondary N) is 2. The van der Waals surface area contributed by atoms with Crippen molar-refractivity contribution in [2.45, 2.75) is 51.5 Å². The fourth-order valence-corrected chi connectivity index (χ4v) is 2.19. The van der Waals surface area contributed by atoms with Crippen LogP contribution >= 0.6 is 0 Å². The minimum absolute atomic E-state index is 0.113. The van der Waals surface area contributed by atoms with Gasteiger partial charge in [-0.05, 0) is 25.8 Å². The lowest BCUT2D eigenvalue weighted by Crippen LogP contribution is -2.36. The van der Waals surface area contributed by atoms with Crippen molar-refractivity contribution in [1.82, 2.24) is 20.8 Å². The highest BCUT2D eigenvalue weighted by Crippen LogP contribution is 2.05. The van der Waals surface area contributed by atoms with Gasteiger partial charge in [0.25, 0.3) is 0 Å². The molecule has 19 heavy (non-hydrogen) atoms. The van der Waals surface area contributed by atoms with E-state index in [4.69, 9.17) is 4.52 Å². The first kappa shape index (κ1) is 14.0. The number of amides is 1. The Kier molecular flexibility index (Phi) is 5.32. The van der Waals surface area contributed by atoms with Crippen LogP contribution in [0.5, 0.6) is 0 Å². The molecule has 1 saturated heterocycles. The van der Waals surface area contributed by atoms with E-state index in [0.717, 1.165) is 44.6 Å². The van der Waals surface area contributed by atoms with Gasteiger partial charge in [0.2, 0.25) is 11.8 Å². The maximum Gasteiger partial charge on any atom is 0.226 e. The predicted octanol–water partition coefficient (Wildman–Crippen LogP) is 0.823. The highest BCUT2D eigenvalue weighted by molar-refractivity contribution is 5.76. The molecule has 2 rings (SSSR count). The van der Waals surface area contributed by atoms with Gasteiger partial charge in [-0.25, -0.2) is 0 Å². The first-order valence-corrected chi connectivity index (χ1v) is 7.09. The molecule has 2 N–H and O–H groups in total. The Morgan fingerprint density at radius 2 is 2.42 bits per heavy atom. The van der Waals surface area contributed by atoms with Gasteiger partial charge in [0.15, 0.2) is 5.82 Å². The van der Waals surface area contributed by atoms with Gasteiger partial charge in [-0.15, -0.1) is 0 Å². The highest BCUT2D eigenvalue weighted by atomic mass is 16.5. The van der Waals surface area contributed by atoms with Gasteiger partial charge < -0.3 is 15.2 Å². The summed E-state index contributed by atoms with van der Waals surface area (Å²) < 4.78 is 5.13. The lowest BCUT2D eigenvalue weighted by Gasteiger charge is -2.10. The smallest absolute Gasteiger partial charge is 0.226 e. The summed E-state index contributed by atoms with van der Waals surface area (Å²) in [5, 5.41) is 10.1. The monoisotopic (exact) mass is 266 g/mol. The summed E-state index contributed by atoms with van der Waals surface area (Å²) in [5.41, 5.74) is 0. The Morgan fingerprint density at radius 1 is 1.53 bits per heavy atom. The number of aryl methyl sites for hydroxylation is 2. The van der Waals surface area contributed by atoms with Crippen LogP contribution in [0.3, 0.4) is 0 Å². The van der Waals surface area contributed by atoms with Gasteiger partial charge in [0.1, 0.15) is 0 Å². The van der Waals surface area contributed by atoms with Crippen LogP contribution in [0, 0.1) is 0 Å². The molecule has 1 fully saturated rings. The van der Waals surface area contributed by atoms with Crippen molar-refractivity contribution in [2.24, 2.45) is 0 Å². The Balaban J connectivity index is 1.63. The number of nitrogens with zero attached hydrogens (tertiary/aromatic N) is 2. The summed E-state index contributed by atoms with van der Waals surface area (Å²) in [4.78, 5) is 16.0. The van der Waals surface area contributed by atoms with Crippen LogP contribution in [0.1, 0.15) is 44.3 Å². The molecule has 0 radical (unpaired) electrons. The van der Waals surface area contributed by atoms with E-state index in [0.29, 0.717) is 24.8 Å². The van der Waals surface area contributed by atoms with E-state index in [-0.39, 0.29) is 5.91 Å². The number of carbonyl (C=O) groups is 1. The molecule has 1 aromatic rings. The maximum atomic E-state index is 11.7. The van der Waals surface area contributed by atoms with Crippen molar-refractivity contribution in [1.29, 1.82) is 0 Å². The quantitative estimate of drug-likeness (QED) is 0.764. The summed E-state index contributed by atoms with van der Waals surface area (Å²) in [6.07, 6.45) is 4.82. The molecule has 0 spiro atoms. The molecule has 0 saturated carbocycles. The summed E-state index contributed by atoms with van der Waals surface area (Å²) in [6, 6.07) is 0.298. The highest BCUT2D eigenvalue weighted by Gasteiger charge is 2.16. The largest absolute Gasteiger partial charge is 0.352 e. The predicted molar refractivity (Wildman–Crippen MR) is 70.6 cm³/mol. The molecule has 2 heterocycles. The van der Waals surface area contributed by atoms with E-state index >= 15 is 0 Å². The number of rotatable bonds is 7. The molecule has 1 aliphatic rings. The fraction of sp³-hybridized carbons (Fsp3) is 0.769. The van der Waals surface area contributed by atoms with E-state index in [1.165, 1.54) is 0 Å². The summed E-state index contributed by atoms with van der Waals surface area (Å²) in [7, 11) is 0. The Morgan fingerprint density at radius 3 is 3.16 bits per heavy atom. The lowest BCUT2D eigenvalue weighted by atomic mass is 10.2. The zero-order chi connectivity index (χ0) is 13.5. The van der Waals surface area contributed by atoms with E-state index in [1.54, 1.807) is 0 Å². The molecule has 6 heteroatoms. The van der Waals surface area contributed by atoms with Crippen LogP contribution in [0.15, 0.2) is 4.52 Å². The molecule has 106 valence electrons. The molecule has 1 unspecified atom stereocenters. The van der Waals surface area contributed by atoms with Gasteiger partial charge in [-0.2, -0.15) is 4.98 Å². The number of hydrogen-bond acceptors (Lipinski definition) is 5.